The van der Waals surface area contributed by atoms with Crippen LogP contribution in [0.2, 0.25) is 0 Å². The van der Waals surface area contributed by atoms with E-state index in [-0.39, 0.29) is 0 Å². The SMILES string of the molecule is CCCCCCCCCCCCCCCC[NH2+][O-]. The molecule has 0 aromatic carbocycles. The zero-order chi connectivity index (χ0) is 13.3. The van der Waals surface area contributed by atoms with Gasteiger partial charge in [-0.2, -0.15) is 0 Å². The lowest BCUT2D eigenvalue weighted by Gasteiger charge is -2.03. The fourth-order valence-corrected chi connectivity index (χ4v) is 2.42. The van der Waals surface area contributed by atoms with Crippen LogP contribution in [0.4, 0.5) is 0 Å². The third kappa shape index (κ3) is 15.9. The smallest absolute Gasteiger partial charge is 0.0752 e. The van der Waals surface area contributed by atoms with Crippen LogP contribution in [0.15, 0.2) is 0 Å². The van der Waals surface area contributed by atoms with Crippen molar-refractivity contribution < 1.29 is 5.48 Å². The van der Waals surface area contributed by atoms with Crippen molar-refractivity contribution in [3.05, 3.63) is 5.21 Å². The molecule has 0 unspecified atom stereocenters. The summed E-state index contributed by atoms with van der Waals surface area (Å²) in [5, 5.41) is 10.1. The van der Waals surface area contributed by atoms with Crippen LogP contribution in [0.1, 0.15) is 96.8 Å². The lowest BCUT2D eigenvalue weighted by atomic mass is 10.0. The molecule has 18 heavy (non-hydrogen) atoms. The van der Waals surface area contributed by atoms with Gasteiger partial charge in [0.2, 0.25) is 0 Å². The van der Waals surface area contributed by atoms with E-state index in [1.165, 1.54) is 83.5 Å². The summed E-state index contributed by atoms with van der Waals surface area (Å²) >= 11 is 0. The van der Waals surface area contributed by atoms with Gasteiger partial charge in [0.1, 0.15) is 0 Å². The molecular weight excluding hydrogens is 222 g/mol. The fraction of sp³-hybridized carbons (Fsp3) is 1.00. The molecule has 0 saturated carbocycles. The van der Waals surface area contributed by atoms with Crippen LogP contribution in [0.25, 0.3) is 0 Å². The van der Waals surface area contributed by atoms with Crippen LogP contribution >= 0.6 is 0 Å². The van der Waals surface area contributed by atoms with Crippen LogP contribution < -0.4 is 5.48 Å². The number of quaternary nitrogens is 1. The Kier molecular flexibility index (Phi) is 16.8. The molecule has 0 heterocycles. The van der Waals surface area contributed by atoms with E-state index in [4.69, 9.17) is 0 Å². The highest BCUT2D eigenvalue weighted by atomic mass is 16.5. The average molecular weight is 257 g/mol. The Hall–Kier alpha value is -0.0800. The molecule has 2 nitrogen and oxygen atoms in total. The van der Waals surface area contributed by atoms with Gasteiger partial charge in [0.05, 0.1) is 6.54 Å². The Morgan fingerprint density at radius 1 is 0.556 bits per heavy atom. The zero-order valence-corrected chi connectivity index (χ0v) is 12.6. The molecule has 110 valence electrons. The standard InChI is InChI=1S/C16H35NO/c1-2-3-4-5-6-7-8-9-10-11-12-13-14-15-16-17-18/h2-17H2,1H3. The molecule has 0 atom stereocenters. The van der Waals surface area contributed by atoms with Crippen LogP contribution in [0, 0.1) is 5.21 Å². The Bertz CT molecular complexity index is 123. The Labute approximate surface area is 115 Å². The van der Waals surface area contributed by atoms with Gasteiger partial charge in [-0.25, -0.2) is 0 Å². The van der Waals surface area contributed by atoms with E-state index in [1.807, 2.05) is 0 Å². The predicted molar refractivity (Wildman–Crippen MR) is 80.5 cm³/mol. The molecule has 0 spiro atoms. The first-order chi connectivity index (χ1) is 8.91. The van der Waals surface area contributed by atoms with Crippen molar-refractivity contribution in [3.8, 4) is 0 Å². The van der Waals surface area contributed by atoms with Gasteiger partial charge >= 0.3 is 0 Å². The molecule has 0 aromatic rings. The van der Waals surface area contributed by atoms with Crippen molar-refractivity contribution in [1.82, 2.24) is 0 Å². The first kappa shape index (κ1) is 17.9. The zero-order valence-electron chi connectivity index (χ0n) is 12.6. The number of rotatable bonds is 15. The maximum Gasteiger partial charge on any atom is 0.0752 e. The lowest BCUT2D eigenvalue weighted by Crippen LogP contribution is -2.77. The van der Waals surface area contributed by atoms with E-state index in [9.17, 15) is 5.21 Å². The topological polar surface area (TPSA) is 39.7 Å². The summed E-state index contributed by atoms with van der Waals surface area (Å²) in [7, 11) is 0. The van der Waals surface area contributed by atoms with E-state index >= 15 is 0 Å². The average Bonchev–Trinajstić information content (AvgIpc) is 2.39. The summed E-state index contributed by atoms with van der Waals surface area (Å²) < 4.78 is 0. The first-order valence-corrected chi connectivity index (χ1v) is 8.35. The molecule has 0 fully saturated rings. The largest absolute Gasteiger partial charge is 0.636 e. The van der Waals surface area contributed by atoms with E-state index < -0.39 is 0 Å². The highest BCUT2D eigenvalue weighted by molar-refractivity contribution is 4.48. The van der Waals surface area contributed by atoms with Crippen molar-refractivity contribution in [2.24, 2.45) is 0 Å². The lowest BCUT2D eigenvalue weighted by molar-refractivity contribution is -0.589. The molecule has 0 bridgehead atoms. The summed E-state index contributed by atoms with van der Waals surface area (Å²) in [4.78, 5) is 0. The third-order valence-electron chi connectivity index (χ3n) is 3.68. The van der Waals surface area contributed by atoms with Crippen molar-refractivity contribution >= 4 is 0 Å². The summed E-state index contributed by atoms with van der Waals surface area (Å²) in [5.74, 6) is 0. The number of unbranched alkanes of at least 4 members (excludes halogenated alkanes) is 13. The van der Waals surface area contributed by atoms with Crippen molar-refractivity contribution in [2.75, 3.05) is 6.54 Å². The number of hydrogen-bond acceptors (Lipinski definition) is 1. The van der Waals surface area contributed by atoms with Gasteiger partial charge in [-0.15, -0.1) is 0 Å². The minimum atomic E-state index is 0.762. The van der Waals surface area contributed by atoms with Gasteiger partial charge in [-0.1, -0.05) is 84.0 Å². The second-order valence-electron chi connectivity index (χ2n) is 5.55. The minimum Gasteiger partial charge on any atom is -0.636 e. The van der Waals surface area contributed by atoms with Gasteiger partial charge in [0.25, 0.3) is 0 Å². The van der Waals surface area contributed by atoms with Gasteiger partial charge < -0.3 is 10.7 Å². The normalized spacial score (nSPS) is 11.0. The molecule has 0 aliphatic carbocycles. The third-order valence-corrected chi connectivity index (χ3v) is 3.68. The molecule has 0 radical (unpaired) electrons. The second kappa shape index (κ2) is 16.9. The monoisotopic (exact) mass is 257 g/mol. The van der Waals surface area contributed by atoms with Crippen molar-refractivity contribution in [3.63, 3.8) is 0 Å². The van der Waals surface area contributed by atoms with Crippen LogP contribution in [-0.4, -0.2) is 6.54 Å². The van der Waals surface area contributed by atoms with Crippen LogP contribution in [0.3, 0.4) is 0 Å². The van der Waals surface area contributed by atoms with Crippen LogP contribution in [0.5, 0.6) is 0 Å². The van der Waals surface area contributed by atoms with Crippen molar-refractivity contribution in [1.29, 1.82) is 0 Å². The van der Waals surface area contributed by atoms with Gasteiger partial charge in [-0.05, 0) is 12.8 Å². The number of nitrogens with two attached hydrogens (primary N) is 1. The maximum atomic E-state index is 10.1. The Morgan fingerprint density at radius 3 is 1.22 bits per heavy atom. The summed E-state index contributed by atoms with van der Waals surface area (Å²) in [5.41, 5.74) is 1.04. The second-order valence-corrected chi connectivity index (χ2v) is 5.55. The summed E-state index contributed by atoms with van der Waals surface area (Å²) in [6, 6.07) is 0. The molecule has 0 aliphatic rings. The van der Waals surface area contributed by atoms with Crippen LogP contribution in [-0.2, 0) is 0 Å². The quantitative estimate of drug-likeness (QED) is 0.340. The van der Waals surface area contributed by atoms with Gasteiger partial charge in [0, 0.05) is 0 Å². The molecule has 0 aliphatic heterocycles. The molecule has 0 aromatic heterocycles. The highest BCUT2D eigenvalue weighted by Crippen LogP contribution is 2.12. The molecule has 0 saturated heterocycles. The van der Waals surface area contributed by atoms with Gasteiger partial charge in [-0.3, -0.25) is 0 Å². The van der Waals surface area contributed by atoms with E-state index in [2.05, 4.69) is 6.92 Å². The van der Waals surface area contributed by atoms with E-state index in [0.29, 0.717) is 0 Å². The van der Waals surface area contributed by atoms with E-state index in [0.717, 1.165) is 18.4 Å². The minimum absolute atomic E-state index is 0.762. The molecule has 0 amide bonds. The Morgan fingerprint density at radius 2 is 0.889 bits per heavy atom. The highest BCUT2D eigenvalue weighted by Gasteiger charge is 1.93. The Balaban J connectivity index is 2.86. The fourth-order valence-electron chi connectivity index (χ4n) is 2.42. The molecule has 2 heteroatoms. The maximum absolute atomic E-state index is 10.1. The van der Waals surface area contributed by atoms with Gasteiger partial charge in [0.15, 0.2) is 0 Å². The summed E-state index contributed by atoms with van der Waals surface area (Å²) in [6.45, 7) is 3.04. The number of hydroxylamine groups is 1. The first-order valence-electron chi connectivity index (χ1n) is 8.35. The number of hydrogen-bond donors (Lipinski definition) is 1. The molecule has 0 rings (SSSR count). The molecular formula is C16H35NO. The molecule has 2 N–H and O–H groups in total. The summed E-state index contributed by atoms with van der Waals surface area (Å²) in [6.07, 6.45) is 19.3. The van der Waals surface area contributed by atoms with E-state index in [1.54, 1.807) is 0 Å². The van der Waals surface area contributed by atoms with Crippen molar-refractivity contribution in [2.45, 2.75) is 96.8 Å². The predicted octanol–water partition coefficient (Wildman–Crippen LogP) is 4.53.